The first-order valence-electron chi connectivity index (χ1n) is 7.52. The Balaban J connectivity index is 2.24. The van der Waals surface area contributed by atoms with Crippen molar-refractivity contribution in [1.29, 1.82) is 0 Å². The molecule has 4 heteroatoms. The molecule has 1 aliphatic rings. The Morgan fingerprint density at radius 1 is 1.40 bits per heavy atom. The molecule has 0 saturated carbocycles. The number of nitrogens with one attached hydrogen (secondary N) is 1. The molecule has 2 unspecified atom stereocenters. The maximum absolute atomic E-state index is 3.60. The molecule has 0 radical (unpaired) electrons. The maximum Gasteiger partial charge on any atom is 0.0416 e. The van der Waals surface area contributed by atoms with Crippen molar-refractivity contribution in [2.24, 2.45) is 0 Å². The molecule has 0 bridgehead atoms. The summed E-state index contributed by atoms with van der Waals surface area (Å²) in [5.74, 6) is 0. The zero-order valence-electron chi connectivity index (χ0n) is 13.0. The van der Waals surface area contributed by atoms with Crippen LogP contribution >= 0.6 is 15.9 Å². The van der Waals surface area contributed by atoms with E-state index >= 15 is 0 Å². The molecule has 0 aliphatic carbocycles. The van der Waals surface area contributed by atoms with Crippen molar-refractivity contribution in [2.75, 3.05) is 38.1 Å². The van der Waals surface area contributed by atoms with Crippen LogP contribution in [-0.4, -0.2) is 44.2 Å². The molecule has 1 fully saturated rings. The standard InChI is InChI=1S/C16H26BrN3/c1-5-19-8-9-20(11-12(19)2)16-7-6-14(17)10-15(16)13(3)18-4/h6-7,10,12-13,18H,5,8-9,11H2,1-4H3. The van der Waals surface area contributed by atoms with Gasteiger partial charge in [0, 0.05) is 41.9 Å². The molecule has 1 aromatic rings. The molecule has 1 saturated heterocycles. The van der Waals surface area contributed by atoms with Crippen molar-refractivity contribution in [2.45, 2.75) is 32.9 Å². The van der Waals surface area contributed by atoms with Gasteiger partial charge in [-0.1, -0.05) is 22.9 Å². The number of hydrogen-bond donors (Lipinski definition) is 1. The lowest BCUT2D eigenvalue weighted by Crippen LogP contribution is -2.52. The summed E-state index contributed by atoms with van der Waals surface area (Å²) in [5.41, 5.74) is 2.75. The van der Waals surface area contributed by atoms with Crippen molar-refractivity contribution < 1.29 is 0 Å². The molecule has 1 heterocycles. The van der Waals surface area contributed by atoms with E-state index in [0.29, 0.717) is 12.1 Å². The van der Waals surface area contributed by atoms with E-state index < -0.39 is 0 Å². The molecule has 0 spiro atoms. The van der Waals surface area contributed by atoms with E-state index in [2.05, 4.69) is 70.0 Å². The fraction of sp³-hybridized carbons (Fsp3) is 0.625. The molecule has 3 nitrogen and oxygen atoms in total. The number of piperazine rings is 1. The van der Waals surface area contributed by atoms with Gasteiger partial charge in [0.05, 0.1) is 0 Å². The normalized spacial score (nSPS) is 22.1. The Morgan fingerprint density at radius 3 is 2.75 bits per heavy atom. The lowest BCUT2D eigenvalue weighted by Gasteiger charge is -2.41. The van der Waals surface area contributed by atoms with Crippen LogP contribution in [0.5, 0.6) is 0 Å². The van der Waals surface area contributed by atoms with Crippen molar-refractivity contribution in [3.63, 3.8) is 0 Å². The monoisotopic (exact) mass is 339 g/mol. The van der Waals surface area contributed by atoms with E-state index in [1.807, 2.05) is 7.05 Å². The smallest absolute Gasteiger partial charge is 0.0416 e. The van der Waals surface area contributed by atoms with Gasteiger partial charge in [-0.3, -0.25) is 4.90 Å². The average molecular weight is 340 g/mol. The van der Waals surface area contributed by atoms with Gasteiger partial charge in [-0.05, 0) is 51.2 Å². The molecular weight excluding hydrogens is 314 g/mol. The molecule has 0 amide bonds. The van der Waals surface area contributed by atoms with Crippen LogP contribution in [0.15, 0.2) is 22.7 Å². The van der Waals surface area contributed by atoms with Gasteiger partial charge in [-0.2, -0.15) is 0 Å². The Bertz CT molecular complexity index is 449. The summed E-state index contributed by atoms with van der Waals surface area (Å²) in [4.78, 5) is 5.09. The number of likely N-dealkylation sites (N-methyl/N-ethyl adjacent to an activating group) is 1. The fourth-order valence-corrected chi connectivity index (χ4v) is 3.38. The Morgan fingerprint density at radius 2 is 2.15 bits per heavy atom. The third-order valence-electron chi connectivity index (χ3n) is 4.40. The number of rotatable bonds is 4. The van der Waals surface area contributed by atoms with Gasteiger partial charge >= 0.3 is 0 Å². The highest BCUT2D eigenvalue weighted by atomic mass is 79.9. The van der Waals surface area contributed by atoms with E-state index in [4.69, 9.17) is 0 Å². The van der Waals surface area contributed by atoms with Crippen LogP contribution in [0.3, 0.4) is 0 Å². The molecule has 112 valence electrons. The average Bonchev–Trinajstić information content (AvgIpc) is 2.46. The largest absolute Gasteiger partial charge is 0.368 e. The second-order valence-electron chi connectivity index (χ2n) is 5.64. The van der Waals surface area contributed by atoms with E-state index in [1.54, 1.807) is 0 Å². The summed E-state index contributed by atoms with van der Waals surface area (Å²) in [5, 5.41) is 3.36. The van der Waals surface area contributed by atoms with Crippen molar-refractivity contribution in [1.82, 2.24) is 10.2 Å². The second-order valence-corrected chi connectivity index (χ2v) is 6.55. The molecule has 2 rings (SSSR count). The number of benzene rings is 1. The van der Waals surface area contributed by atoms with Crippen LogP contribution in [0.1, 0.15) is 32.4 Å². The summed E-state index contributed by atoms with van der Waals surface area (Å²) >= 11 is 3.60. The molecule has 20 heavy (non-hydrogen) atoms. The summed E-state index contributed by atoms with van der Waals surface area (Å²) in [6, 6.07) is 7.63. The highest BCUT2D eigenvalue weighted by Gasteiger charge is 2.24. The lowest BCUT2D eigenvalue weighted by atomic mass is 10.0. The van der Waals surface area contributed by atoms with Gasteiger partial charge in [0.2, 0.25) is 0 Å². The maximum atomic E-state index is 3.60. The molecule has 1 N–H and O–H groups in total. The van der Waals surface area contributed by atoms with E-state index in [9.17, 15) is 0 Å². The van der Waals surface area contributed by atoms with Crippen LogP contribution in [0.25, 0.3) is 0 Å². The quantitative estimate of drug-likeness (QED) is 0.908. The first-order chi connectivity index (χ1) is 9.56. The molecular formula is C16H26BrN3. The number of halogens is 1. The number of anilines is 1. The van der Waals surface area contributed by atoms with Gasteiger partial charge in [-0.25, -0.2) is 0 Å². The van der Waals surface area contributed by atoms with Crippen molar-refractivity contribution in [3.05, 3.63) is 28.2 Å². The van der Waals surface area contributed by atoms with Crippen LogP contribution in [0.2, 0.25) is 0 Å². The first-order valence-corrected chi connectivity index (χ1v) is 8.31. The van der Waals surface area contributed by atoms with Gasteiger partial charge in [0.15, 0.2) is 0 Å². The Hall–Kier alpha value is -0.580. The SMILES string of the molecule is CCN1CCN(c2ccc(Br)cc2C(C)NC)CC1C. The van der Waals surface area contributed by atoms with E-state index in [1.165, 1.54) is 11.3 Å². The minimum atomic E-state index is 0.363. The summed E-state index contributed by atoms with van der Waals surface area (Å²) < 4.78 is 1.15. The van der Waals surface area contributed by atoms with Crippen LogP contribution < -0.4 is 10.2 Å². The van der Waals surface area contributed by atoms with Crippen LogP contribution in [0, 0.1) is 0 Å². The van der Waals surface area contributed by atoms with Gasteiger partial charge in [-0.15, -0.1) is 0 Å². The molecule has 1 aliphatic heterocycles. The summed E-state index contributed by atoms with van der Waals surface area (Å²) in [7, 11) is 2.02. The minimum Gasteiger partial charge on any atom is -0.368 e. The Kier molecular flexibility index (Phi) is 5.47. The molecule has 0 aromatic heterocycles. The van der Waals surface area contributed by atoms with E-state index in [0.717, 1.165) is 30.7 Å². The first kappa shape index (κ1) is 15.8. The van der Waals surface area contributed by atoms with Gasteiger partial charge in [0.1, 0.15) is 0 Å². The highest BCUT2D eigenvalue weighted by Crippen LogP contribution is 2.30. The second kappa shape index (κ2) is 6.92. The van der Waals surface area contributed by atoms with Crippen LogP contribution in [-0.2, 0) is 0 Å². The highest BCUT2D eigenvalue weighted by molar-refractivity contribution is 9.10. The zero-order chi connectivity index (χ0) is 14.7. The third-order valence-corrected chi connectivity index (χ3v) is 4.89. The lowest BCUT2D eigenvalue weighted by molar-refractivity contribution is 0.199. The summed E-state index contributed by atoms with van der Waals surface area (Å²) in [6.07, 6.45) is 0. The molecule has 2 atom stereocenters. The van der Waals surface area contributed by atoms with Crippen molar-refractivity contribution >= 4 is 21.6 Å². The predicted octanol–water partition coefficient (Wildman–Crippen LogP) is 3.26. The van der Waals surface area contributed by atoms with Gasteiger partial charge in [0.25, 0.3) is 0 Å². The van der Waals surface area contributed by atoms with Crippen LogP contribution in [0.4, 0.5) is 5.69 Å². The number of hydrogen-bond acceptors (Lipinski definition) is 3. The fourth-order valence-electron chi connectivity index (χ4n) is 3.00. The molecule has 1 aromatic carbocycles. The minimum absolute atomic E-state index is 0.363. The predicted molar refractivity (Wildman–Crippen MR) is 90.5 cm³/mol. The van der Waals surface area contributed by atoms with E-state index in [-0.39, 0.29) is 0 Å². The number of nitrogens with zero attached hydrogens (tertiary/aromatic N) is 2. The Labute approximate surface area is 131 Å². The van der Waals surface area contributed by atoms with Crippen molar-refractivity contribution in [3.8, 4) is 0 Å². The summed E-state index contributed by atoms with van der Waals surface area (Å²) in [6.45, 7) is 11.3. The topological polar surface area (TPSA) is 18.5 Å². The van der Waals surface area contributed by atoms with Gasteiger partial charge < -0.3 is 10.2 Å². The zero-order valence-corrected chi connectivity index (χ0v) is 14.6. The third kappa shape index (κ3) is 3.35.